The second kappa shape index (κ2) is 2.46. The minimum atomic E-state index is 0.245. The second-order valence-corrected chi connectivity index (χ2v) is 5.12. The summed E-state index contributed by atoms with van der Waals surface area (Å²) < 4.78 is 0. The third-order valence-corrected chi connectivity index (χ3v) is 4.38. The first kappa shape index (κ1) is 8.52. The number of nitrogens with two attached hydrogens (primary N) is 1. The molecule has 0 aromatic rings. The SMILES string of the molecule is CC1(C)[C@@H]2C[C@@H](CO)[C@@H](N)[C@H]1C2. The van der Waals surface area contributed by atoms with E-state index in [0.717, 1.165) is 12.3 Å². The normalized spacial score (nSPS) is 50.0. The van der Waals surface area contributed by atoms with Gasteiger partial charge in [-0.1, -0.05) is 13.8 Å². The molecule has 2 bridgehead atoms. The molecule has 3 rings (SSSR count). The van der Waals surface area contributed by atoms with Crippen molar-refractivity contribution in [3.63, 3.8) is 0 Å². The fourth-order valence-corrected chi connectivity index (χ4v) is 3.16. The van der Waals surface area contributed by atoms with E-state index in [0.29, 0.717) is 17.3 Å². The van der Waals surface area contributed by atoms with Gasteiger partial charge in [-0.25, -0.2) is 0 Å². The summed E-state index contributed by atoms with van der Waals surface area (Å²) in [5.41, 5.74) is 6.54. The molecule has 3 N–H and O–H groups in total. The molecule has 3 saturated carbocycles. The quantitative estimate of drug-likeness (QED) is 0.615. The van der Waals surface area contributed by atoms with Crippen LogP contribution in [0, 0.1) is 23.2 Å². The average molecular weight is 169 g/mol. The fourth-order valence-electron chi connectivity index (χ4n) is 3.16. The Hall–Kier alpha value is -0.0800. The van der Waals surface area contributed by atoms with Gasteiger partial charge in [0.05, 0.1) is 0 Å². The molecule has 3 aliphatic carbocycles. The molecule has 0 aromatic carbocycles. The Morgan fingerprint density at radius 2 is 2.08 bits per heavy atom. The zero-order chi connectivity index (χ0) is 8.93. The molecular weight excluding hydrogens is 150 g/mol. The minimum Gasteiger partial charge on any atom is -0.396 e. The number of aliphatic hydroxyl groups is 1. The van der Waals surface area contributed by atoms with E-state index in [2.05, 4.69) is 13.8 Å². The molecule has 3 aliphatic rings. The van der Waals surface area contributed by atoms with E-state index >= 15 is 0 Å². The molecule has 0 radical (unpaired) electrons. The number of aliphatic hydroxyl groups excluding tert-OH is 1. The van der Waals surface area contributed by atoms with Crippen LogP contribution >= 0.6 is 0 Å². The van der Waals surface area contributed by atoms with Crippen molar-refractivity contribution in [3.05, 3.63) is 0 Å². The predicted molar refractivity (Wildman–Crippen MR) is 48.5 cm³/mol. The molecule has 12 heavy (non-hydrogen) atoms. The fraction of sp³-hybridized carbons (Fsp3) is 1.00. The van der Waals surface area contributed by atoms with Crippen LogP contribution in [0.15, 0.2) is 0 Å². The molecule has 2 heteroatoms. The molecule has 70 valence electrons. The Labute approximate surface area is 74.1 Å². The van der Waals surface area contributed by atoms with Gasteiger partial charge in [0.15, 0.2) is 0 Å². The van der Waals surface area contributed by atoms with Crippen LogP contribution in [0.5, 0.6) is 0 Å². The van der Waals surface area contributed by atoms with Crippen molar-refractivity contribution < 1.29 is 5.11 Å². The van der Waals surface area contributed by atoms with E-state index in [1.807, 2.05) is 0 Å². The maximum absolute atomic E-state index is 9.09. The summed E-state index contributed by atoms with van der Waals surface area (Å²) in [6, 6.07) is 0.245. The van der Waals surface area contributed by atoms with Crippen molar-refractivity contribution in [2.75, 3.05) is 6.61 Å². The van der Waals surface area contributed by atoms with Crippen LogP contribution < -0.4 is 5.73 Å². The van der Waals surface area contributed by atoms with Gasteiger partial charge in [-0.05, 0) is 36.0 Å². The zero-order valence-electron chi connectivity index (χ0n) is 7.96. The van der Waals surface area contributed by atoms with Crippen LogP contribution in [-0.4, -0.2) is 17.8 Å². The molecule has 0 aromatic heterocycles. The lowest BCUT2D eigenvalue weighted by Gasteiger charge is -2.61. The lowest BCUT2D eigenvalue weighted by molar-refractivity contribution is -0.113. The zero-order valence-corrected chi connectivity index (χ0v) is 7.96. The summed E-state index contributed by atoms with van der Waals surface area (Å²) in [5.74, 6) is 1.86. The van der Waals surface area contributed by atoms with Crippen LogP contribution in [0.4, 0.5) is 0 Å². The van der Waals surface area contributed by atoms with Crippen LogP contribution in [0.3, 0.4) is 0 Å². The molecule has 0 amide bonds. The minimum absolute atomic E-state index is 0.245. The summed E-state index contributed by atoms with van der Waals surface area (Å²) >= 11 is 0. The first-order valence-electron chi connectivity index (χ1n) is 4.93. The third kappa shape index (κ3) is 0.882. The van der Waals surface area contributed by atoms with E-state index < -0.39 is 0 Å². The molecule has 3 fully saturated rings. The van der Waals surface area contributed by atoms with Gasteiger partial charge in [0.1, 0.15) is 0 Å². The van der Waals surface area contributed by atoms with Crippen molar-refractivity contribution in [1.82, 2.24) is 0 Å². The molecule has 2 nitrogen and oxygen atoms in total. The van der Waals surface area contributed by atoms with Crippen molar-refractivity contribution >= 4 is 0 Å². The molecule has 0 unspecified atom stereocenters. The molecule has 4 atom stereocenters. The first-order chi connectivity index (χ1) is 5.57. The van der Waals surface area contributed by atoms with Crippen LogP contribution in [-0.2, 0) is 0 Å². The molecule has 0 heterocycles. The van der Waals surface area contributed by atoms with Crippen molar-refractivity contribution in [3.8, 4) is 0 Å². The van der Waals surface area contributed by atoms with Gasteiger partial charge in [0.25, 0.3) is 0 Å². The van der Waals surface area contributed by atoms with Gasteiger partial charge in [-0.3, -0.25) is 0 Å². The maximum Gasteiger partial charge on any atom is 0.0474 e. The lowest BCUT2D eigenvalue weighted by Crippen LogP contribution is -2.61. The van der Waals surface area contributed by atoms with E-state index in [1.165, 1.54) is 6.42 Å². The van der Waals surface area contributed by atoms with E-state index in [4.69, 9.17) is 10.8 Å². The van der Waals surface area contributed by atoms with E-state index in [9.17, 15) is 0 Å². The standard InChI is InChI=1S/C10H19NO/c1-10(2)7-3-6(5-12)9(11)8(10)4-7/h6-9,12H,3-5,11H2,1-2H3/t6-,7+,8+,9+/m0/s1. The lowest BCUT2D eigenvalue weighted by atomic mass is 9.45. The summed E-state index contributed by atoms with van der Waals surface area (Å²) in [6.45, 7) is 4.92. The van der Waals surface area contributed by atoms with Crippen molar-refractivity contribution in [2.24, 2.45) is 28.9 Å². The highest BCUT2D eigenvalue weighted by molar-refractivity contribution is 5.07. The monoisotopic (exact) mass is 169 g/mol. The van der Waals surface area contributed by atoms with Gasteiger partial charge >= 0.3 is 0 Å². The van der Waals surface area contributed by atoms with Crippen LogP contribution in [0.1, 0.15) is 26.7 Å². The Bertz CT molecular complexity index is 190. The Morgan fingerprint density at radius 1 is 1.42 bits per heavy atom. The van der Waals surface area contributed by atoms with Gasteiger partial charge in [-0.2, -0.15) is 0 Å². The third-order valence-electron chi connectivity index (χ3n) is 4.38. The van der Waals surface area contributed by atoms with E-state index in [1.54, 1.807) is 0 Å². The van der Waals surface area contributed by atoms with Crippen molar-refractivity contribution in [2.45, 2.75) is 32.7 Å². The number of hydrogen-bond donors (Lipinski definition) is 2. The highest BCUT2D eigenvalue weighted by Crippen LogP contribution is 2.59. The van der Waals surface area contributed by atoms with Crippen LogP contribution in [0.2, 0.25) is 0 Å². The average Bonchev–Trinajstić information content (AvgIpc) is 2.03. The molecule has 0 aliphatic heterocycles. The summed E-state index contributed by atoms with van der Waals surface area (Å²) in [7, 11) is 0. The Balaban J connectivity index is 2.11. The van der Waals surface area contributed by atoms with Gasteiger partial charge in [-0.15, -0.1) is 0 Å². The maximum atomic E-state index is 9.09. The summed E-state index contributed by atoms with van der Waals surface area (Å²) in [4.78, 5) is 0. The van der Waals surface area contributed by atoms with Crippen molar-refractivity contribution in [1.29, 1.82) is 0 Å². The summed E-state index contributed by atoms with van der Waals surface area (Å²) in [6.07, 6.45) is 2.44. The summed E-state index contributed by atoms with van der Waals surface area (Å²) in [5, 5.41) is 9.09. The second-order valence-electron chi connectivity index (χ2n) is 5.12. The number of rotatable bonds is 1. The molecule has 0 saturated heterocycles. The predicted octanol–water partition coefficient (Wildman–Crippen LogP) is 0.988. The van der Waals surface area contributed by atoms with Gasteiger partial charge in [0.2, 0.25) is 0 Å². The van der Waals surface area contributed by atoms with Gasteiger partial charge in [0, 0.05) is 12.6 Å². The number of hydrogen-bond acceptors (Lipinski definition) is 2. The van der Waals surface area contributed by atoms with E-state index in [-0.39, 0.29) is 12.6 Å². The number of fused-ring (bicyclic) bond motifs is 2. The van der Waals surface area contributed by atoms with Gasteiger partial charge < -0.3 is 10.8 Å². The Kier molecular flexibility index (Phi) is 1.74. The highest BCUT2D eigenvalue weighted by Gasteiger charge is 2.56. The largest absolute Gasteiger partial charge is 0.396 e. The first-order valence-corrected chi connectivity index (χ1v) is 4.93. The Morgan fingerprint density at radius 3 is 2.50 bits per heavy atom. The van der Waals surface area contributed by atoms with Crippen LogP contribution in [0.25, 0.3) is 0 Å². The highest BCUT2D eigenvalue weighted by atomic mass is 16.3. The molecule has 0 spiro atoms. The smallest absolute Gasteiger partial charge is 0.0474 e. The molecular formula is C10H19NO. The topological polar surface area (TPSA) is 46.2 Å².